The molecule has 3 rings (SSSR count). The van der Waals surface area contributed by atoms with Crippen LogP contribution in [0.4, 0.5) is 0 Å². The molecule has 1 aromatic rings. The van der Waals surface area contributed by atoms with E-state index in [9.17, 15) is 0 Å². The Morgan fingerprint density at radius 1 is 1.38 bits per heavy atom. The summed E-state index contributed by atoms with van der Waals surface area (Å²) in [5, 5.41) is 0.593. The van der Waals surface area contributed by atoms with Crippen LogP contribution < -0.4 is 0 Å². The summed E-state index contributed by atoms with van der Waals surface area (Å²) in [5.74, 6) is 0.679. The Morgan fingerprint density at radius 3 is 2.69 bits per heavy atom. The van der Waals surface area contributed by atoms with Crippen molar-refractivity contribution in [2.24, 2.45) is 0 Å². The molecule has 4 heteroatoms. The van der Waals surface area contributed by atoms with Gasteiger partial charge in [0.15, 0.2) is 0 Å². The van der Waals surface area contributed by atoms with Gasteiger partial charge in [0.1, 0.15) is 5.15 Å². The number of pyridine rings is 1. The van der Waals surface area contributed by atoms with Crippen LogP contribution in [-0.2, 0) is 0 Å². The topological polar surface area (TPSA) is 16.1 Å². The third kappa shape index (κ3) is 1.83. The molecule has 2 saturated heterocycles. The highest BCUT2D eigenvalue weighted by Gasteiger charge is 2.44. The van der Waals surface area contributed by atoms with Gasteiger partial charge >= 0.3 is 0 Å². The summed E-state index contributed by atoms with van der Waals surface area (Å²) in [6.45, 7) is 0. The number of likely N-dealkylation sites (N-methyl/N-ethyl adjacent to an activating group) is 1. The van der Waals surface area contributed by atoms with Gasteiger partial charge < -0.3 is 0 Å². The molecule has 1 aromatic heterocycles. The van der Waals surface area contributed by atoms with E-state index in [1.54, 1.807) is 0 Å². The highest BCUT2D eigenvalue weighted by molar-refractivity contribution is 6.29. The normalized spacial score (nSPS) is 32.8. The van der Waals surface area contributed by atoms with Gasteiger partial charge in [-0.1, -0.05) is 17.7 Å². The molecule has 3 heterocycles. The first kappa shape index (κ1) is 12.2. The van der Waals surface area contributed by atoms with Crippen molar-refractivity contribution >= 4 is 24.0 Å². The van der Waals surface area contributed by atoms with Crippen molar-refractivity contribution in [2.75, 3.05) is 7.05 Å². The van der Waals surface area contributed by atoms with E-state index in [1.165, 1.54) is 24.8 Å². The SMILES string of the molecule is CN1[C@H]2CC[C@@H]1[C@@H](c1ccc(Cl)nc1)C2.Cl. The molecule has 3 atom stereocenters. The zero-order chi connectivity index (χ0) is 10.4. The molecule has 0 amide bonds. The van der Waals surface area contributed by atoms with Crippen LogP contribution in [0.5, 0.6) is 0 Å². The zero-order valence-electron chi connectivity index (χ0n) is 9.27. The second-order valence-corrected chi connectivity index (χ2v) is 5.11. The van der Waals surface area contributed by atoms with Gasteiger partial charge in [-0.2, -0.15) is 0 Å². The second kappa shape index (κ2) is 4.52. The lowest BCUT2D eigenvalue weighted by Crippen LogP contribution is -2.25. The summed E-state index contributed by atoms with van der Waals surface area (Å²) >= 11 is 5.80. The fraction of sp³-hybridized carbons (Fsp3) is 0.583. The lowest BCUT2D eigenvalue weighted by molar-refractivity contribution is 0.307. The molecule has 0 spiro atoms. The summed E-state index contributed by atoms with van der Waals surface area (Å²) in [7, 11) is 2.26. The number of hydrogen-bond acceptors (Lipinski definition) is 2. The fourth-order valence-electron chi connectivity index (χ4n) is 3.23. The predicted octanol–water partition coefficient (Wildman–Crippen LogP) is 3.11. The van der Waals surface area contributed by atoms with Gasteiger partial charge in [0.25, 0.3) is 0 Å². The van der Waals surface area contributed by atoms with Crippen LogP contribution >= 0.6 is 24.0 Å². The van der Waals surface area contributed by atoms with Crippen molar-refractivity contribution in [2.45, 2.75) is 37.3 Å². The number of halogens is 2. The Balaban J connectivity index is 0.000000963. The zero-order valence-corrected chi connectivity index (χ0v) is 10.8. The molecule has 0 aromatic carbocycles. The van der Waals surface area contributed by atoms with E-state index in [-0.39, 0.29) is 12.4 Å². The molecule has 2 bridgehead atoms. The molecular formula is C12H16Cl2N2. The fourth-order valence-corrected chi connectivity index (χ4v) is 3.34. The maximum atomic E-state index is 5.80. The Morgan fingerprint density at radius 2 is 2.19 bits per heavy atom. The van der Waals surface area contributed by atoms with E-state index in [0.29, 0.717) is 11.1 Å². The standard InChI is InChI=1S/C12H15ClN2.ClH/c1-15-9-3-4-11(15)10(6-9)8-2-5-12(13)14-7-8;/h2,5,7,9-11H,3-4,6H2,1H3;1H/t9-,10+,11+;/m0./s1. The van der Waals surface area contributed by atoms with Crippen molar-refractivity contribution < 1.29 is 0 Å². The summed E-state index contributed by atoms with van der Waals surface area (Å²) in [6, 6.07) is 5.57. The van der Waals surface area contributed by atoms with Gasteiger partial charge in [0, 0.05) is 24.2 Å². The number of aromatic nitrogens is 1. The monoisotopic (exact) mass is 258 g/mol. The van der Waals surface area contributed by atoms with Crippen LogP contribution in [0.1, 0.15) is 30.7 Å². The van der Waals surface area contributed by atoms with E-state index in [4.69, 9.17) is 11.6 Å². The van der Waals surface area contributed by atoms with Crippen LogP contribution in [0.25, 0.3) is 0 Å². The highest BCUT2D eigenvalue weighted by atomic mass is 35.5. The smallest absolute Gasteiger partial charge is 0.129 e. The largest absolute Gasteiger partial charge is 0.300 e. The molecule has 0 unspecified atom stereocenters. The van der Waals surface area contributed by atoms with Crippen molar-refractivity contribution in [1.29, 1.82) is 0 Å². The molecule has 0 aliphatic carbocycles. The molecule has 16 heavy (non-hydrogen) atoms. The first-order valence-corrected chi connectivity index (χ1v) is 5.97. The average Bonchev–Trinajstić information content (AvgIpc) is 2.75. The molecule has 2 aliphatic rings. The summed E-state index contributed by atoms with van der Waals surface area (Å²) < 4.78 is 0. The van der Waals surface area contributed by atoms with Crippen molar-refractivity contribution in [3.05, 3.63) is 29.0 Å². The van der Waals surface area contributed by atoms with Crippen LogP contribution in [0, 0.1) is 0 Å². The Labute approximate surface area is 107 Å². The molecular weight excluding hydrogens is 243 g/mol. The van der Waals surface area contributed by atoms with E-state index in [2.05, 4.69) is 23.0 Å². The van der Waals surface area contributed by atoms with Crippen molar-refractivity contribution in [3.63, 3.8) is 0 Å². The molecule has 0 N–H and O–H groups in total. The lowest BCUT2D eigenvalue weighted by Gasteiger charge is -2.21. The number of hydrogen-bond donors (Lipinski definition) is 0. The van der Waals surface area contributed by atoms with Gasteiger partial charge in [-0.3, -0.25) is 4.90 Å². The van der Waals surface area contributed by atoms with Gasteiger partial charge in [-0.15, -0.1) is 12.4 Å². The Kier molecular flexibility index (Phi) is 3.43. The molecule has 0 saturated carbocycles. The highest BCUT2D eigenvalue weighted by Crippen LogP contribution is 2.45. The van der Waals surface area contributed by atoms with Crippen LogP contribution in [-0.4, -0.2) is 29.0 Å². The summed E-state index contributed by atoms with van der Waals surface area (Å²) in [5.41, 5.74) is 1.36. The maximum absolute atomic E-state index is 5.80. The quantitative estimate of drug-likeness (QED) is 0.720. The molecule has 88 valence electrons. The summed E-state index contributed by atoms with van der Waals surface area (Å²) in [4.78, 5) is 6.72. The minimum absolute atomic E-state index is 0. The first-order valence-electron chi connectivity index (χ1n) is 5.59. The Hall–Kier alpha value is -0.310. The number of rotatable bonds is 1. The Bertz CT molecular complexity index is 366. The van der Waals surface area contributed by atoms with Crippen molar-refractivity contribution in [3.8, 4) is 0 Å². The summed E-state index contributed by atoms with van der Waals surface area (Å²) in [6.07, 6.45) is 5.96. The van der Waals surface area contributed by atoms with E-state index in [0.717, 1.165) is 12.1 Å². The van der Waals surface area contributed by atoms with E-state index >= 15 is 0 Å². The van der Waals surface area contributed by atoms with E-state index in [1.807, 2.05) is 12.3 Å². The number of fused-ring (bicyclic) bond motifs is 2. The van der Waals surface area contributed by atoms with Crippen LogP contribution in [0.2, 0.25) is 5.15 Å². The molecule has 2 nitrogen and oxygen atoms in total. The van der Waals surface area contributed by atoms with Gasteiger partial charge in [-0.05, 0) is 37.9 Å². The lowest BCUT2D eigenvalue weighted by atomic mass is 9.85. The van der Waals surface area contributed by atoms with Gasteiger partial charge in [0.05, 0.1) is 0 Å². The third-order valence-electron chi connectivity index (χ3n) is 4.06. The second-order valence-electron chi connectivity index (χ2n) is 4.72. The van der Waals surface area contributed by atoms with E-state index < -0.39 is 0 Å². The van der Waals surface area contributed by atoms with Crippen molar-refractivity contribution in [1.82, 2.24) is 9.88 Å². The average molecular weight is 259 g/mol. The molecule has 2 aliphatic heterocycles. The first-order chi connectivity index (χ1) is 7.25. The van der Waals surface area contributed by atoms with Gasteiger partial charge in [-0.25, -0.2) is 4.98 Å². The molecule has 2 fully saturated rings. The van der Waals surface area contributed by atoms with Crippen LogP contribution in [0.15, 0.2) is 18.3 Å². The maximum Gasteiger partial charge on any atom is 0.129 e. The van der Waals surface area contributed by atoms with Gasteiger partial charge in [0.2, 0.25) is 0 Å². The minimum Gasteiger partial charge on any atom is -0.300 e. The predicted molar refractivity (Wildman–Crippen MR) is 68.4 cm³/mol. The van der Waals surface area contributed by atoms with Crippen LogP contribution in [0.3, 0.4) is 0 Å². The molecule has 0 radical (unpaired) electrons. The minimum atomic E-state index is 0. The third-order valence-corrected chi connectivity index (χ3v) is 4.29. The number of nitrogens with zero attached hydrogens (tertiary/aromatic N) is 2.